The lowest BCUT2D eigenvalue weighted by atomic mass is 10.0. The minimum absolute atomic E-state index is 0.0557. The standard InChI is InChI=1S/C27H33N5O6/c1-17(2)14-21(26-29-16-20(38-26)6-4-8-24(34)35)31-23(33)15-18-9-11-19(12-10-18)30-27(36)32-25-22(37-3)7-5-13-28-25/h5,7,9-13,16-17,21H,4,6,8,14-15H2,1-3H3,(H,31,33)(H,34,35)(H2,28,30,32,36). The molecule has 1 unspecified atom stereocenters. The highest BCUT2D eigenvalue weighted by atomic mass is 16.5. The van der Waals surface area contributed by atoms with Gasteiger partial charge in [-0.05, 0) is 48.6 Å². The monoisotopic (exact) mass is 523 g/mol. The Balaban J connectivity index is 1.55. The van der Waals surface area contributed by atoms with Crippen LogP contribution in [0.4, 0.5) is 16.3 Å². The highest BCUT2D eigenvalue weighted by Crippen LogP contribution is 2.23. The first-order valence-corrected chi connectivity index (χ1v) is 12.3. The summed E-state index contributed by atoms with van der Waals surface area (Å²) in [6.07, 6.45) is 4.89. The number of nitrogens with zero attached hydrogens (tertiary/aromatic N) is 2. The van der Waals surface area contributed by atoms with Crippen LogP contribution in [0.3, 0.4) is 0 Å². The van der Waals surface area contributed by atoms with Gasteiger partial charge in [-0.25, -0.2) is 14.8 Å². The summed E-state index contributed by atoms with van der Waals surface area (Å²) >= 11 is 0. The molecule has 2 heterocycles. The molecular weight excluding hydrogens is 490 g/mol. The van der Waals surface area contributed by atoms with Crippen LogP contribution in [0.5, 0.6) is 5.75 Å². The van der Waals surface area contributed by atoms with Gasteiger partial charge in [0.05, 0.1) is 19.7 Å². The van der Waals surface area contributed by atoms with Gasteiger partial charge < -0.3 is 24.9 Å². The van der Waals surface area contributed by atoms with Crippen molar-refractivity contribution < 1.29 is 28.6 Å². The van der Waals surface area contributed by atoms with Crippen molar-refractivity contribution in [3.63, 3.8) is 0 Å². The van der Waals surface area contributed by atoms with E-state index in [9.17, 15) is 14.4 Å². The van der Waals surface area contributed by atoms with Crippen LogP contribution < -0.4 is 20.7 Å². The number of oxazole rings is 1. The van der Waals surface area contributed by atoms with E-state index in [-0.39, 0.29) is 24.7 Å². The van der Waals surface area contributed by atoms with E-state index >= 15 is 0 Å². The number of urea groups is 1. The normalized spacial score (nSPS) is 11.6. The fourth-order valence-electron chi connectivity index (χ4n) is 3.76. The Bertz CT molecular complexity index is 1220. The third-order valence-electron chi connectivity index (χ3n) is 5.52. The molecule has 202 valence electrons. The summed E-state index contributed by atoms with van der Waals surface area (Å²) in [5.74, 6) is 0.985. The number of methoxy groups -OCH3 is 1. The number of carboxylic acids is 1. The number of hydrogen-bond acceptors (Lipinski definition) is 7. The number of amides is 3. The minimum atomic E-state index is -0.855. The molecule has 11 nitrogen and oxygen atoms in total. The number of nitrogens with one attached hydrogen (secondary N) is 3. The summed E-state index contributed by atoms with van der Waals surface area (Å²) in [6.45, 7) is 4.09. The number of anilines is 2. The molecule has 0 saturated heterocycles. The molecule has 0 saturated carbocycles. The summed E-state index contributed by atoms with van der Waals surface area (Å²) in [4.78, 5) is 44.3. The number of carbonyl (C=O) groups excluding carboxylic acids is 2. The number of aryl methyl sites for hydroxylation is 1. The number of pyridine rings is 1. The van der Waals surface area contributed by atoms with Gasteiger partial charge >= 0.3 is 12.0 Å². The topological polar surface area (TPSA) is 156 Å². The van der Waals surface area contributed by atoms with E-state index in [1.807, 2.05) is 13.8 Å². The highest BCUT2D eigenvalue weighted by Gasteiger charge is 2.21. The van der Waals surface area contributed by atoms with E-state index in [4.69, 9.17) is 14.3 Å². The number of carbonyl (C=O) groups is 3. The average molecular weight is 524 g/mol. The molecule has 4 N–H and O–H groups in total. The predicted molar refractivity (Wildman–Crippen MR) is 141 cm³/mol. The summed E-state index contributed by atoms with van der Waals surface area (Å²) in [5.41, 5.74) is 1.32. The lowest BCUT2D eigenvalue weighted by Crippen LogP contribution is -2.31. The van der Waals surface area contributed by atoms with E-state index in [0.717, 1.165) is 5.56 Å². The van der Waals surface area contributed by atoms with E-state index < -0.39 is 18.0 Å². The second kappa shape index (κ2) is 13.8. The third kappa shape index (κ3) is 8.91. The lowest BCUT2D eigenvalue weighted by Gasteiger charge is -2.18. The second-order valence-corrected chi connectivity index (χ2v) is 9.17. The number of ether oxygens (including phenoxy) is 1. The smallest absolute Gasteiger partial charge is 0.324 e. The van der Waals surface area contributed by atoms with Crippen LogP contribution in [0.15, 0.2) is 53.2 Å². The number of aromatic nitrogens is 2. The van der Waals surface area contributed by atoms with Crippen LogP contribution >= 0.6 is 0 Å². The fraction of sp³-hybridized carbons (Fsp3) is 0.370. The molecule has 0 spiro atoms. The van der Waals surface area contributed by atoms with Crippen LogP contribution in [-0.4, -0.2) is 40.1 Å². The summed E-state index contributed by atoms with van der Waals surface area (Å²) in [6, 6.07) is 9.47. The number of benzene rings is 1. The Morgan fingerprint density at radius 3 is 2.53 bits per heavy atom. The maximum atomic E-state index is 12.8. The SMILES string of the molecule is COc1cccnc1NC(=O)Nc1ccc(CC(=O)NC(CC(C)C)c2ncc(CCCC(=O)O)o2)cc1. The van der Waals surface area contributed by atoms with Crippen molar-refractivity contribution in [2.24, 2.45) is 5.92 Å². The van der Waals surface area contributed by atoms with Crippen LogP contribution in [0.25, 0.3) is 0 Å². The maximum Gasteiger partial charge on any atom is 0.324 e. The van der Waals surface area contributed by atoms with Gasteiger partial charge in [0.15, 0.2) is 11.6 Å². The first kappa shape index (κ1) is 28.2. The first-order chi connectivity index (χ1) is 18.2. The molecule has 38 heavy (non-hydrogen) atoms. The van der Waals surface area contributed by atoms with Crippen LogP contribution in [0, 0.1) is 5.92 Å². The average Bonchev–Trinajstić information content (AvgIpc) is 3.33. The molecule has 0 radical (unpaired) electrons. The van der Waals surface area contributed by atoms with Gasteiger partial charge in [-0.15, -0.1) is 0 Å². The summed E-state index contributed by atoms with van der Waals surface area (Å²) < 4.78 is 11.0. The maximum absolute atomic E-state index is 12.8. The Hall–Kier alpha value is -4.41. The lowest BCUT2D eigenvalue weighted by molar-refractivity contribution is -0.137. The summed E-state index contributed by atoms with van der Waals surface area (Å²) in [5, 5.41) is 17.2. The molecule has 0 aliphatic carbocycles. The number of rotatable bonds is 13. The Morgan fingerprint density at radius 2 is 1.84 bits per heavy atom. The Kier molecular flexibility index (Phi) is 10.2. The molecule has 0 aliphatic rings. The van der Waals surface area contributed by atoms with Crippen molar-refractivity contribution in [3.8, 4) is 5.75 Å². The number of carboxylic acid groups (broad SMARTS) is 1. The van der Waals surface area contributed by atoms with Gasteiger partial charge in [0.2, 0.25) is 11.8 Å². The van der Waals surface area contributed by atoms with Crippen LogP contribution in [-0.2, 0) is 22.4 Å². The van der Waals surface area contributed by atoms with E-state index in [1.54, 1.807) is 48.8 Å². The van der Waals surface area contributed by atoms with Crippen LogP contribution in [0.2, 0.25) is 0 Å². The van der Waals surface area contributed by atoms with Crippen LogP contribution in [0.1, 0.15) is 56.4 Å². The molecule has 1 atom stereocenters. The van der Waals surface area contributed by atoms with E-state index in [1.165, 1.54) is 7.11 Å². The van der Waals surface area contributed by atoms with Crippen molar-refractivity contribution in [3.05, 3.63) is 66.0 Å². The van der Waals surface area contributed by atoms with Crippen molar-refractivity contribution in [2.45, 2.75) is 52.0 Å². The minimum Gasteiger partial charge on any atom is -0.493 e. The van der Waals surface area contributed by atoms with Crippen molar-refractivity contribution in [1.82, 2.24) is 15.3 Å². The quantitative estimate of drug-likeness (QED) is 0.254. The van der Waals surface area contributed by atoms with Crippen molar-refractivity contribution >= 4 is 29.4 Å². The van der Waals surface area contributed by atoms with Gasteiger partial charge in [0.25, 0.3) is 0 Å². The Morgan fingerprint density at radius 1 is 1.08 bits per heavy atom. The van der Waals surface area contributed by atoms with E-state index in [0.29, 0.717) is 48.2 Å². The molecule has 1 aromatic carbocycles. The van der Waals surface area contributed by atoms with Gasteiger partial charge in [-0.2, -0.15) is 0 Å². The van der Waals surface area contributed by atoms with Gasteiger partial charge in [-0.3, -0.25) is 14.9 Å². The molecule has 3 amide bonds. The van der Waals surface area contributed by atoms with Gasteiger partial charge in [0, 0.05) is 24.7 Å². The fourth-order valence-corrected chi connectivity index (χ4v) is 3.76. The van der Waals surface area contributed by atoms with Crippen molar-refractivity contribution in [1.29, 1.82) is 0 Å². The number of hydrogen-bond donors (Lipinski definition) is 4. The predicted octanol–water partition coefficient (Wildman–Crippen LogP) is 4.58. The second-order valence-electron chi connectivity index (χ2n) is 9.17. The first-order valence-electron chi connectivity index (χ1n) is 12.3. The van der Waals surface area contributed by atoms with E-state index in [2.05, 4.69) is 25.9 Å². The molecule has 11 heteroatoms. The molecule has 3 rings (SSSR count). The highest BCUT2D eigenvalue weighted by molar-refractivity contribution is 5.99. The largest absolute Gasteiger partial charge is 0.493 e. The third-order valence-corrected chi connectivity index (χ3v) is 5.52. The molecule has 0 aliphatic heterocycles. The zero-order chi connectivity index (χ0) is 27.5. The van der Waals surface area contributed by atoms with Gasteiger partial charge in [0.1, 0.15) is 11.8 Å². The molecule has 0 bridgehead atoms. The van der Waals surface area contributed by atoms with Gasteiger partial charge in [-0.1, -0.05) is 26.0 Å². The molecule has 3 aromatic rings. The number of aliphatic carboxylic acids is 1. The zero-order valence-corrected chi connectivity index (χ0v) is 21.7. The Labute approximate surface area is 221 Å². The summed E-state index contributed by atoms with van der Waals surface area (Å²) in [7, 11) is 1.49. The molecular formula is C27H33N5O6. The molecule has 0 fully saturated rings. The van der Waals surface area contributed by atoms with Crippen molar-refractivity contribution in [2.75, 3.05) is 17.7 Å². The zero-order valence-electron chi connectivity index (χ0n) is 21.7. The molecule has 2 aromatic heterocycles.